The van der Waals surface area contributed by atoms with Crippen molar-refractivity contribution in [2.24, 2.45) is 0 Å². The summed E-state index contributed by atoms with van der Waals surface area (Å²) in [6, 6.07) is 0. The van der Waals surface area contributed by atoms with Crippen LogP contribution in [0.3, 0.4) is 0 Å². The summed E-state index contributed by atoms with van der Waals surface area (Å²) < 4.78 is 5.02. The maximum atomic E-state index is 5.02. The normalized spacial score (nSPS) is 13.5. The highest BCUT2D eigenvalue weighted by atomic mass is 16.5. The minimum absolute atomic E-state index is 0.205. The van der Waals surface area contributed by atoms with E-state index in [1.807, 2.05) is 0 Å². The smallest absolute Gasteiger partial charge is 0.0572 e. The van der Waals surface area contributed by atoms with E-state index in [1.54, 1.807) is 7.11 Å². The Balaban J connectivity index is 2.89. The quantitative estimate of drug-likeness (QED) is 0.519. The van der Waals surface area contributed by atoms with Crippen molar-refractivity contribution in [1.82, 2.24) is 0 Å². The summed E-state index contributed by atoms with van der Waals surface area (Å²) in [5.41, 5.74) is 0. The number of methoxy groups -OCH3 is 1. The lowest BCUT2D eigenvalue weighted by atomic mass is 10.1. The van der Waals surface area contributed by atoms with Crippen LogP contribution in [-0.2, 0) is 4.74 Å². The topological polar surface area (TPSA) is 9.23 Å². The minimum atomic E-state index is 0.205. The van der Waals surface area contributed by atoms with Gasteiger partial charge in [-0.25, -0.2) is 0 Å². The van der Waals surface area contributed by atoms with Crippen LogP contribution in [-0.4, -0.2) is 13.2 Å². The van der Waals surface area contributed by atoms with Crippen LogP contribution in [0.1, 0.15) is 39.0 Å². The van der Waals surface area contributed by atoms with Gasteiger partial charge in [-0.1, -0.05) is 32.6 Å². The van der Waals surface area contributed by atoms with E-state index in [-0.39, 0.29) is 6.10 Å². The van der Waals surface area contributed by atoms with Crippen molar-refractivity contribution in [2.45, 2.75) is 45.1 Å². The fourth-order valence-corrected chi connectivity index (χ4v) is 0.917. The Morgan fingerprint density at radius 1 is 1.30 bits per heavy atom. The maximum Gasteiger partial charge on any atom is 0.0572 e. The van der Waals surface area contributed by atoms with Gasteiger partial charge in [-0.3, -0.25) is 0 Å². The van der Waals surface area contributed by atoms with E-state index in [0.29, 0.717) is 0 Å². The first-order chi connectivity index (χ1) is 4.81. The molecule has 0 aliphatic heterocycles. The third-order valence-electron chi connectivity index (χ3n) is 1.71. The van der Waals surface area contributed by atoms with Gasteiger partial charge in [0.2, 0.25) is 0 Å². The van der Waals surface area contributed by atoms with Crippen LogP contribution in [0.4, 0.5) is 0 Å². The lowest BCUT2D eigenvalue weighted by Crippen LogP contribution is -2.03. The predicted octanol–water partition coefficient (Wildman–Crippen LogP) is 2.81. The molecule has 1 atom stereocenters. The van der Waals surface area contributed by atoms with Crippen molar-refractivity contribution in [3.8, 4) is 0 Å². The molecule has 0 aliphatic rings. The summed E-state index contributed by atoms with van der Waals surface area (Å²) in [4.78, 5) is 0. The fourth-order valence-electron chi connectivity index (χ4n) is 0.917. The zero-order valence-corrected chi connectivity index (χ0v) is 7.23. The molecule has 1 heteroatoms. The standard InChI is InChI=1S/C9H19O/c1-4-5-6-7-8-9(2)10-3/h9H,2,4-8H2,1,3H3. The average molecular weight is 143 g/mol. The molecule has 1 unspecified atom stereocenters. The number of hydrogen-bond donors (Lipinski definition) is 0. The molecule has 0 aromatic carbocycles. The molecule has 1 nitrogen and oxygen atoms in total. The van der Waals surface area contributed by atoms with Gasteiger partial charge in [-0.15, -0.1) is 0 Å². The van der Waals surface area contributed by atoms with Crippen molar-refractivity contribution < 1.29 is 4.74 Å². The van der Waals surface area contributed by atoms with Gasteiger partial charge < -0.3 is 4.74 Å². The fraction of sp³-hybridized carbons (Fsp3) is 0.889. The van der Waals surface area contributed by atoms with Crippen molar-refractivity contribution in [2.75, 3.05) is 7.11 Å². The molecule has 0 saturated heterocycles. The highest BCUT2D eigenvalue weighted by Gasteiger charge is 1.97. The molecule has 0 spiro atoms. The molecule has 0 rings (SSSR count). The van der Waals surface area contributed by atoms with Gasteiger partial charge in [0.1, 0.15) is 0 Å². The van der Waals surface area contributed by atoms with Gasteiger partial charge in [0.15, 0.2) is 0 Å². The number of rotatable bonds is 6. The number of hydrogen-bond acceptors (Lipinski definition) is 1. The zero-order chi connectivity index (χ0) is 7.82. The van der Waals surface area contributed by atoms with Gasteiger partial charge >= 0.3 is 0 Å². The predicted molar refractivity (Wildman–Crippen MR) is 44.9 cm³/mol. The van der Waals surface area contributed by atoms with E-state index >= 15 is 0 Å². The second-order valence-electron chi connectivity index (χ2n) is 2.71. The van der Waals surface area contributed by atoms with Crippen LogP contribution in [0.25, 0.3) is 0 Å². The summed E-state index contributed by atoms with van der Waals surface area (Å²) in [6.45, 7) is 6.05. The molecule has 0 N–H and O–H groups in total. The summed E-state index contributed by atoms with van der Waals surface area (Å²) in [6.07, 6.45) is 6.54. The molecule has 0 aromatic heterocycles. The lowest BCUT2D eigenvalue weighted by molar-refractivity contribution is 0.129. The molecular weight excluding hydrogens is 124 g/mol. The Bertz CT molecular complexity index is 61.7. The van der Waals surface area contributed by atoms with E-state index in [0.717, 1.165) is 6.42 Å². The van der Waals surface area contributed by atoms with Crippen LogP contribution < -0.4 is 0 Å². The zero-order valence-electron chi connectivity index (χ0n) is 7.23. The summed E-state index contributed by atoms with van der Waals surface area (Å²) >= 11 is 0. The SMILES string of the molecule is [CH2]C(CCCCCC)OC. The van der Waals surface area contributed by atoms with Crippen LogP contribution in [0, 0.1) is 6.92 Å². The minimum Gasteiger partial charge on any atom is -0.381 e. The average Bonchev–Trinajstić information content (AvgIpc) is 1.98. The van der Waals surface area contributed by atoms with Crippen molar-refractivity contribution in [1.29, 1.82) is 0 Å². The lowest BCUT2D eigenvalue weighted by Gasteiger charge is -2.07. The Hall–Kier alpha value is -0.0400. The summed E-state index contributed by atoms with van der Waals surface area (Å²) in [5, 5.41) is 0. The van der Waals surface area contributed by atoms with E-state index in [9.17, 15) is 0 Å². The van der Waals surface area contributed by atoms with Gasteiger partial charge in [0.25, 0.3) is 0 Å². The molecule has 1 radical (unpaired) electrons. The second kappa shape index (κ2) is 7.07. The monoisotopic (exact) mass is 143 g/mol. The highest BCUT2D eigenvalue weighted by molar-refractivity contribution is 4.58. The Labute approximate surface area is 64.8 Å². The van der Waals surface area contributed by atoms with Crippen LogP contribution in [0.2, 0.25) is 0 Å². The van der Waals surface area contributed by atoms with Crippen LogP contribution in [0.15, 0.2) is 0 Å². The second-order valence-corrected chi connectivity index (χ2v) is 2.71. The molecule has 0 bridgehead atoms. The van der Waals surface area contributed by atoms with E-state index in [2.05, 4.69) is 13.8 Å². The molecule has 0 fully saturated rings. The molecule has 0 saturated carbocycles. The number of unbranched alkanes of at least 4 members (excludes halogenated alkanes) is 3. The molecule has 0 amide bonds. The molecule has 0 heterocycles. The van der Waals surface area contributed by atoms with E-state index in [4.69, 9.17) is 4.74 Å². The first-order valence-corrected chi connectivity index (χ1v) is 4.17. The number of ether oxygens (including phenoxy) is 1. The molecule has 61 valence electrons. The van der Waals surface area contributed by atoms with Crippen LogP contribution >= 0.6 is 0 Å². The largest absolute Gasteiger partial charge is 0.381 e. The van der Waals surface area contributed by atoms with Crippen molar-refractivity contribution >= 4 is 0 Å². The summed E-state index contributed by atoms with van der Waals surface area (Å²) in [5.74, 6) is 0. The molecule has 10 heavy (non-hydrogen) atoms. The van der Waals surface area contributed by atoms with E-state index < -0.39 is 0 Å². The highest BCUT2D eigenvalue weighted by Crippen LogP contribution is 2.06. The van der Waals surface area contributed by atoms with Gasteiger partial charge in [-0.2, -0.15) is 0 Å². The first-order valence-electron chi connectivity index (χ1n) is 4.17. The molecule has 0 aliphatic carbocycles. The molecular formula is C9H19O. The Kier molecular flexibility index (Phi) is 7.04. The van der Waals surface area contributed by atoms with Crippen molar-refractivity contribution in [3.63, 3.8) is 0 Å². The maximum absolute atomic E-state index is 5.02. The first kappa shape index (κ1) is 9.96. The Morgan fingerprint density at radius 2 is 2.00 bits per heavy atom. The summed E-state index contributed by atoms with van der Waals surface area (Å²) in [7, 11) is 1.72. The third-order valence-corrected chi connectivity index (χ3v) is 1.71. The molecule has 0 aromatic rings. The van der Waals surface area contributed by atoms with Crippen LogP contribution in [0.5, 0.6) is 0 Å². The Morgan fingerprint density at radius 3 is 2.50 bits per heavy atom. The van der Waals surface area contributed by atoms with Gasteiger partial charge in [-0.05, 0) is 13.3 Å². The van der Waals surface area contributed by atoms with E-state index in [1.165, 1.54) is 25.7 Å². The van der Waals surface area contributed by atoms with Crippen molar-refractivity contribution in [3.05, 3.63) is 6.92 Å². The van der Waals surface area contributed by atoms with Gasteiger partial charge in [0.05, 0.1) is 6.10 Å². The van der Waals surface area contributed by atoms with Gasteiger partial charge in [0, 0.05) is 7.11 Å². The third kappa shape index (κ3) is 6.09.